The fourth-order valence-electron chi connectivity index (χ4n) is 3.52. The van der Waals surface area contributed by atoms with Gasteiger partial charge in [-0.25, -0.2) is 0 Å². The number of para-hydroxylation sites is 1. The minimum Gasteiger partial charge on any atom is -0.271 e. The van der Waals surface area contributed by atoms with E-state index in [4.69, 9.17) is 5.84 Å². The van der Waals surface area contributed by atoms with Crippen molar-refractivity contribution in [3.63, 3.8) is 0 Å². The molecule has 3 heteroatoms. The fraction of sp³-hybridized carbons (Fsp3) is 0.500. The van der Waals surface area contributed by atoms with Gasteiger partial charge in [-0.3, -0.25) is 16.3 Å². The molecular weight excluding hydrogens is 258 g/mol. The molecular formula is C18H25N3. The Hall–Kier alpha value is -1.45. The van der Waals surface area contributed by atoms with Crippen molar-refractivity contribution >= 4 is 10.9 Å². The molecule has 1 heterocycles. The molecule has 3 rings (SSSR count). The fourth-order valence-corrected chi connectivity index (χ4v) is 3.52. The largest absolute Gasteiger partial charge is 0.271 e. The van der Waals surface area contributed by atoms with Crippen molar-refractivity contribution in [1.29, 1.82) is 0 Å². The molecule has 112 valence electrons. The summed E-state index contributed by atoms with van der Waals surface area (Å²) >= 11 is 0. The Morgan fingerprint density at radius 2 is 1.95 bits per heavy atom. The van der Waals surface area contributed by atoms with Crippen LogP contribution in [0.5, 0.6) is 0 Å². The highest BCUT2D eigenvalue weighted by Gasteiger charge is 2.31. The molecule has 2 aromatic rings. The lowest BCUT2D eigenvalue weighted by molar-refractivity contribution is 0.161. The molecule has 0 amide bonds. The van der Waals surface area contributed by atoms with Gasteiger partial charge in [-0.1, -0.05) is 32.0 Å². The summed E-state index contributed by atoms with van der Waals surface area (Å²) in [6.07, 6.45) is 6.99. The molecule has 1 atom stereocenters. The smallest absolute Gasteiger partial charge is 0.0702 e. The summed E-state index contributed by atoms with van der Waals surface area (Å²) in [6, 6.07) is 10.7. The van der Waals surface area contributed by atoms with Gasteiger partial charge < -0.3 is 0 Å². The number of pyridine rings is 1. The van der Waals surface area contributed by atoms with Crippen molar-refractivity contribution in [3.05, 3.63) is 42.1 Å². The van der Waals surface area contributed by atoms with Crippen LogP contribution in [0.1, 0.15) is 51.1 Å². The van der Waals surface area contributed by atoms with Crippen molar-refractivity contribution in [1.82, 2.24) is 10.4 Å². The molecule has 0 spiro atoms. The second-order valence-corrected chi connectivity index (χ2v) is 7.11. The average Bonchev–Trinajstić information content (AvgIpc) is 2.49. The third-order valence-electron chi connectivity index (χ3n) is 5.01. The van der Waals surface area contributed by atoms with E-state index in [9.17, 15) is 0 Å². The van der Waals surface area contributed by atoms with Gasteiger partial charge in [0.1, 0.15) is 0 Å². The minimum absolute atomic E-state index is 0.207. The van der Waals surface area contributed by atoms with Crippen LogP contribution in [-0.2, 0) is 0 Å². The Balaban J connectivity index is 1.84. The summed E-state index contributed by atoms with van der Waals surface area (Å²) in [4.78, 5) is 4.58. The highest BCUT2D eigenvalue weighted by atomic mass is 15.2. The first kappa shape index (κ1) is 14.5. The average molecular weight is 283 g/mol. The first-order chi connectivity index (χ1) is 10.1. The van der Waals surface area contributed by atoms with Crippen molar-refractivity contribution in [2.75, 3.05) is 0 Å². The predicted molar refractivity (Wildman–Crippen MR) is 87.5 cm³/mol. The van der Waals surface area contributed by atoms with Crippen molar-refractivity contribution in [2.45, 2.75) is 45.6 Å². The van der Waals surface area contributed by atoms with Gasteiger partial charge in [0.15, 0.2) is 0 Å². The number of nitrogens with zero attached hydrogens (tertiary/aromatic N) is 1. The molecule has 0 saturated heterocycles. The standard InChI is InChI=1S/C18H25N3/c1-18(2)9-7-13(8-10-18)17(21-19)15-11-14-5-3-4-6-16(14)20-12-15/h3-6,11-13,17,21H,7-10,19H2,1-2H3. The third kappa shape index (κ3) is 3.09. The van der Waals surface area contributed by atoms with Gasteiger partial charge in [0.05, 0.1) is 11.6 Å². The number of nitrogens with one attached hydrogen (secondary N) is 1. The van der Waals surface area contributed by atoms with Gasteiger partial charge in [-0.05, 0) is 54.7 Å². The minimum atomic E-state index is 0.207. The van der Waals surface area contributed by atoms with Crippen LogP contribution in [0.15, 0.2) is 36.5 Å². The third-order valence-corrected chi connectivity index (χ3v) is 5.01. The zero-order chi connectivity index (χ0) is 14.9. The second kappa shape index (κ2) is 5.74. The highest BCUT2D eigenvalue weighted by molar-refractivity contribution is 5.78. The number of aromatic nitrogens is 1. The lowest BCUT2D eigenvalue weighted by Crippen LogP contribution is -2.36. The molecule has 0 aliphatic heterocycles. The number of hydrazine groups is 1. The zero-order valence-electron chi connectivity index (χ0n) is 13.0. The van der Waals surface area contributed by atoms with Gasteiger partial charge in [0, 0.05) is 11.6 Å². The van der Waals surface area contributed by atoms with Crippen LogP contribution in [0.3, 0.4) is 0 Å². The lowest BCUT2D eigenvalue weighted by atomic mass is 9.70. The second-order valence-electron chi connectivity index (χ2n) is 7.11. The van der Waals surface area contributed by atoms with Crippen LogP contribution < -0.4 is 11.3 Å². The molecule has 21 heavy (non-hydrogen) atoms. The molecule has 1 fully saturated rings. The van der Waals surface area contributed by atoms with Gasteiger partial charge in [0.2, 0.25) is 0 Å². The van der Waals surface area contributed by atoms with E-state index >= 15 is 0 Å². The number of fused-ring (bicyclic) bond motifs is 1. The van der Waals surface area contributed by atoms with Crippen LogP contribution >= 0.6 is 0 Å². The molecule has 0 bridgehead atoms. The Labute approximate surface area is 126 Å². The van der Waals surface area contributed by atoms with E-state index in [1.165, 1.54) is 36.6 Å². The number of benzene rings is 1. The quantitative estimate of drug-likeness (QED) is 0.662. The maximum Gasteiger partial charge on any atom is 0.0702 e. The zero-order valence-corrected chi connectivity index (χ0v) is 13.0. The highest BCUT2D eigenvalue weighted by Crippen LogP contribution is 2.42. The summed E-state index contributed by atoms with van der Waals surface area (Å²) in [5.74, 6) is 6.47. The van der Waals surface area contributed by atoms with Crippen LogP contribution in [0.2, 0.25) is 0 Å². The number of hydrogen-bond donors (Lipinski definition) is 2. The molecule has 1 unspecified atom stereocenters. The van der Waals surface area contributed by atoms with E-state index in [2.05, 4.69) is 42.5 Å². The Morgan fingerprint density at radius 3 is 2.67 bits per heavy atom. The van der Waals surface area contributed by atoms with E-state index in [0.717, 1.165) is 5.52 Å². The van der Waals surface area contributed by atoms with Crippen molar-refractivity contribution < 1.29 is 0 Å². The predicted octanol–water partition coefficient (Wildman–Crippen LogP) is 3.96. The van der Waals surface area contributed by atoms with Crippen molar-refractivity contribution in [3.8, 4) is 0 Å². The molecule has 1 aromatic heterocycles. The van der Waals surface area contributed by atoms with E-state index in [0.29, 0.717) is 11.3 Å². The Bertz CT molecular complexity index is 611. The Morgan fingerprint density at radius 1 is 1.24 bits per heavy atom. The maximum absolute atomic E-state index is 5.87. The first-order valence-electron chi connectivity index (χ1n) is 7.90. The lowest BCUT2D eigenvalue weighted by Gasteiger charge is -2.37. The summed E-state index contributed by atoms with van der Waals surface area (Å²) in [7, 11) is 0. The van der Waals surface area contributed by atoms with E-state index in [-0.39, 0.29) is 6.04 Å². The van der Waals surface area contributed by atoms with Gasteiger partial charge >= 0.3 is 0 Å². The molecule has 0 radical (unpaired) electrons. The molecule has 1 aromatic carbocycles. The molecule has 1 aliphatic rings. The molecule has 1 saturated carbocycles. The number of hydrogen-bond acceptors (Lipinski definition) is 3. The summed E-state index contributed by atoms with van der Waals surface area (Å²) in [5.41, 5.74) is 5.78. The van der Waals surface area contributed by atoms with Crippen LogP contribution in [0.25, 0.3) is 10.9 Å². The Kier molecular flexibility index (Phi) is 3.96. The molecule has 3 N–H and O–H groups in total. The van der Waals surface area contributed by atoms with Gasteiger partial charge in [-0.15, -0.1) is 0 Å². The van der Waals surface area contributed by atoms with Crippen LogP contribution in [-0.4, -0.2) is 4.98 Å². The maximum atomic E-state index is 5.87. The van der Waals surface area contributed by atoms with Crippen LogP contribution in [0.4, 0.5) is 0 Å². The summed E-state index contributed by atoms with van der Waals surface area (Å²) in [5, 5.41) is 1.19. The normalized spacial score (nSPS) is 20.5. The monoisotopic (exact) mass is 283 g/mol. The summed E-state index contributed by atoms with van der Waals surface area (Å²) < 4.78 is 0. The van der Waals surface area contributed by atoms with E-state index in [1.807, 2.05) is 18.3 Å². The topological polar surface area (TPSA) is 50.9 Å². The van der Waals surface area contributed by atoms with Crippen molar-refractivity contribution in [2.24, 2.45) is 17.2 Å². The number of rotatable bonds is 3. The SMILES string of the molecule is CC1(C)CCC(C(NN)c2cnc3ccccc3c2)CC1. The van der Waals surface area contributed by atoms with E-state index < -0.39 is 0 Å². The molecule has 1 aliphatic carbocycles. The molecule has 3 nitrogen and oxygen atoms in total. The van der Waals surface area contributed by atoms with Crippen LogP contribution in [0, 0.1) is 11.3 Å². The first-order valence-corrected chi connectivity index (χ1v) is 7.90. The van der Waals surface area contributed by atoms with E-state index in [1.54, 1.807) is 0 Å². The summed E-state index contributed by atoms with van der Waals surface area (Å²) in [6.45, 7) is 4.73. The number of nitrogens with two attached hydrogens (primary N) is 1. The van der Waals surface area contributed by atoms with Gasteiger partial charge in [-0.2, -0.15) is 0 Å². The van der Waals surface area contributed by atoms with Gasteiger partial charge in [0.25, 0.3) is 0 Å².